The summed E-state index contributed by atoms with van der Waals surface area (Å²) in [4.78, 5) is 0. The molecule has 0 fully saturated rings. The van der Waals surface area contributed by atoms with Crippen LogP contribution in [0.5, 0.6) is 0 Å². The summed E-state index contributed by atoms with van der Waals surface area (Å²) in [5.74, 6) is 0. The molecule has 0 saturated carbocycles. The zero-order chi connectivity index (χ0) is 14.0. The molecule has 0 aliphatic carbocycles. The number of nitrogens with zero attached hydrogens (tertiary/aromatic N) is 4. The second-order valence-corrected chi connectivity index (χ2v) is 5.52. The van der Waals surface area contributed by atoms with Crippen LogP contribution in [0, 0.1) is 6.92 Å². The molecule has 0 aromatic carbocycles. The summed E-state index contributed by atoms with van der Waals surface area (Å²) in [7, 11) is 1.89. The van der Waals surface area contributed by atoms with Crippen molar-refractivity contribution in [3.05, 3.63) is 33.8 Å². The van der Waals surface area contributed by atoms with Crippen molar-refractivity contribution in [3.63, 3.8) is 0 Å². The predicted molar refractivity (Wildman–Crippen MR) is 76.8 cm³/mol. The van der Waals surface area contributed by atoms with Crippen molar-refractivity contribution in [2.45, 2.75) is 39.3 Å². The molecule has 2 rings (SSSR count). The van der Waals surface area contributed by atoms with Crippen molar-refractivity contribution >= 4 is 15.9 Å². The topological polar surface area (TPSA) is 55.9 Å². The molecule has 6 heteroatoms. The van der Waals surface area contributed by atoms with Crippen LogP contribution in [0.25, 0.3) is 0 Å². The number of hydrogen-bond donors (Lipinski definition) is 1. The molecule has 0 aliphatic heterocycles. The van der Waals surface area contributed by atoms with E-state index >= 15 is 0 Å². The van der Waals surface area contributed by atoms with Gasteiger partial charge in [-0.2, -0.15) is 10.2 Å². The predicted octanol–water partition coefficient (Wildman–Crippen LogP) is 2.37. The quantitative estimate of drug-likeness (QED) is 0.917. The van der Waals surface area contributed by atoms with E-state index in [0.29, 0.717) is 6.42 Å². The Morgan fingerprint density at radius 2 is 2.21 bits per heavy atom. The zero-order valence-corrected chi connectivity index (χ0v) is 13.1. The third kappa shape index (κ3) is 3.06. The maximum Gasteiger partial charge on any atom is 0.0876 e. The fraction of sp³-hybridized carbons (Fsp3) is 0.538. The maximum atomic E-state index is 10.3. The summed E-state index contributed by atoms with van der Waals surface area (Å²) >= 11 is 3.52. The van der Waals surface area contributed by atoms with Gasteiger partial charge in [0.25, 0.3) is 0 Å². The minimum atomic E-state index is -0.559. The van der Waals surface area contributed by atoms with Gasteiger partial charge in [-0.05, 0) is 29.3 Å². The van der Waals surface area contributed by atoms with Gasteiger partial charge in [0.1, 0.15) is 0 Å². The number of hydrogen-bond acceptors (Lipinski definition) is 3. The van der Waals surface area contributed by atoms with Gasteiger partial charge in [-0.3, -0.25) is 9.36 Å². The first-order valence-electron chi connectivity index (χ1n) is 6.41. The first-order valence-corrected chi connectivity index (χ1v) is 7.20. The second kappa shape index (κ2) is 5.88. The van der Waals surface area contributed by atoms with Crippen molar-refractivity contribution in [2.24, 2.45) is 7.05 Å². The molecule has 0 aliphatic rings. The highest BCUT2D eigenvalue weighted by molar-refractivity contribution is 9.10. The highest BCUT2D eigenvalue weighted by atomic mass is 79.9. The van der Waals surface area contributed by atoms with Crippen molar-refractivity contribution < 1.29 is 5.11 Å². The van der Waals surface area contributed by atoms with Gasteiger partial charge in [-0.15, -0.1) is 0 Å². The second-order valence-electron chi connectivity index (χ2n) is 4.73. The van der Waals surface area contributed by atoms with Gasteiger partial charge < -0.3 is 5.11 Å². The Bertz CT molecular complexity index is 561. The van der Waals surface area contributed by atoms with E-state index in [1.165, 1.54) is 0 Å². The fourth-order valence-electron chi connectivity index (χ4n) is 2.11. The molecule has 0 spiro atoms. The van der Waals surface area contributed by atoms with E-state index in [-0.39, 0.29) is 0 Å². The normalized spacial score (nSPS) is 12.9. The lowest BCUT2D eigenvalue weighted by molar-refractivity contribution is 0.175. The molecule has 19 heavy (non-hydrogen) atoms. The van der Waals surface area contributed by atoms with Crippen LogP contribution in [-0.4, -0.2) is 24.7 Å². The van der Waals surface area contributed by atoms with Crippen LogP contribution in [0.3, 0.4) is 0 Å². The van der Waals surface area contributed by atoms with Crippen LogP contribution in [0.15, 0.2) is 16.9 Å². The van der Waals surface area contributed by atoms with Gasteiger partial charge in [0, 0.05) is 31.8 Å². The lowest BCUT2D eigenvalue weighted by atomic mass is 10.1. The monoisotopic (exact) mass is 326 g/mol. The molecular formula is C13H19BrN4O. The largest absolute Gasteiger partial charge is 0.388 e. The smallest absolute Gasteiger partial charge is 0.0876 e. The Hall–Kier alpha value is -1.14. The van der Waals surface area contributed by atoms with E-state index < -0.39 is 6.10 Å². The van der Waals surface area contributed by atoms with Gasteiger partial charge in [0.15, 0.2) is 0 Å². The minimum absolute atomic E-state index is 0.524. The molecule has 2 aromatic heterocycles. The van der Waals surface area contributed by atoms with E-state index in [1.54, 1.807) is 10.9 Å². The molecule has 1 N–H and O–H groups in total. The van der Waals surface area contributed by atoms with Crippen LogP contribution in [-0.2, 0) is 20.0 Å². The van der Waals surface area contributed by atoms with Gasteiger partial charge in [-0.1, -0.05) is 6.92 Å². The third-order valence-electron chi connectivity index (χ3n) is 3.14. The molecule has 0 saturated heterocycles. The van der Waals surface area contributed by atoms with E-state index in [9.17, 15) is 5.11 Å². The molecule has 104 valence electrons. The maximum absolute atomic E-state index is 10.3. The summed E-state index contributed by atoms with van der Waals surface area (Å²) in [6.07, 6.45) is 4.64. The Labute approximate surface area is 121 Å². The summed E-state index contributed by atoms with van der Waals surface area (Å²) in [6.45, 7) is 4.92. The first-order chi connectivity index (χ1) is 9.02. The van der Waals surface area contributed by atoms with Crippen molar-refractivity contribution in [1.82, 2.24) is 19.6 Å². The van der Waals surface area contributed by atoms with Crippen LogP contribution in [0.2, 0.25) is 0 Å². The summed E-state index contributed by atoms with van der Waals surface area (Å²) in [5, 5.41) is 18.9. The molecule has 1 atom stereocenters. The highest BCUT2D eigenvalue weighted by Crippen LogP contribution is 2.25. The molecule has 2 aromatic rings. The average molecular weight is 327 g/mol. The first kappa shape index (κ1) is 14.3. The van der Waals surface area contributed by atoms with Crippen molar-refractivity contribution in [1.29, 1.82) is 0 Å². The van der Waals surface area contributed by atoms with Gasteiger partial charge in [0.2, 0.25) is 0 Å². The fourth-order valence-corrected chi connectivity index (χ4v) is 2.60. The standard InChI is InChI=1S/C13H19BrN4O/c1-4-5-18-8-10(7-15-18)12(19)6-11-13(14)9(2)16-17(11)3/h7-8,12,19H,4-6H2,1-3H3. The van der Waals surface area contributed by atoms with Crippen LogP contribution < -0.4 is 0 Å². The number of aliphatic hydroxyl groups excluding tert-OH is 1. The van der Waals surface area contributed by atoms with Crippen molar-refractivity contribution in [2.75, 3.05) is 0 Å². The Morgan fingerprint density at radius 3 is 2.79 bits per heavy atom. The number of rotatable bonds is 5. The average Bonchev–Trinajstić information content (AvgIpc) is 2.91. The molecule has 0 radical (unpaired) electrons. The summed E-state index contributed by atoms with van der Waals surface area (Å²) in [5.41, 5.74) is 2.78. The van der Waals surface area contributed by atoms with E-state index in [1.807, 2.05) is 24.9 Å². The van der Waals surface area contributed by atoms with Crippen LogP contribution in [0.1, 0.15) is 36.4 Å². The van der Waals surface area contributed by atoms with E-state index in [2.05, 4.69) is 33.1 Å². The molecule has 5 nitrogen and oxygen atoms in total. The highest BCUT2D eigenvalue weighted by Gasteiger charge is 2.17. The zero-order valence-electron chi connectivity index (χ0n) is 11.5. The van der Waals surface area contributed by atoms with Crippen LogP contribution >= 0.6 is 15.9 Å². The minimum Gasteiger partial charge on any atom is -0.388 e. The Balaban J connectivity index is 2.13. The van der Waals surface area contributed by atoms with Crippen molar-refractivity contribution in [3.8, 4) is 0 Å². The lowest BCUT2D eigenvalue weighted by Gasteiger charge is -2.09. The van der Waals surface area contributed by atoms with Gasteiger partial charge >= 0.3 is 0 Å². The van der Waals surface area contributed by atoms with E-state index in [0.717, 1.165) is 34.4 Å². The molecular weight excluding hydrogens is 308 g/mol. The number of aliphatic hydroxyl groups is 1. The molecule has 0 bridgehead atoms. The van der Waals surface area contributed by atoms with E-state index in [4.69, 9.17) is 0 Å². The number of aromatic nitrogens is 4. The SMILES string of the molecule is CCCn1cc(C(O)Cc2c(Br)c(C)nn2C)cn1. The third-order valence-corrected chi connectivity index (χ3v) is 4.17. The van der Waals surface area contributed by atoms with Crippen LogP contribution in [0.4, 0.5) is 0 Å². The lowest BCUT2D eigenvalue weighted by Crippen LogP contribution is -2.06. The molecule has 1 unspecified atom stereocenters. The van der Waals surface area contributed by atoms with Gasteiger partial charge in [-0.25, -0.2) is 0 Å². The molecule has 2 heterocycles. The number of halogens is 1. The Morgan fingerprint density at radius 1 is 1.47 bits per heavy atom. The number of aryl methyl sites for hydroxylation is 3. The van der Waals surface area contributed by atoms with Gasteiger partial charge in [0.05, 0.1) is 28.2 Å². The molecule has 0 amide bonds. The Kier molecular flexibility index (Phi) is 4.42. The summed E-state index contributed by atoms with van der Waals surface area (Å²) < 4.78 is 4.64. The summed E-state index contributed by atoms with van der Waals surface area (Å²) in [6, 6.07) is 0.